The molecule has 0 aromatic rings. The number of hydrogen-bond acceptors (Lipinski definition) is 9. The first kappa shape index (κ1) is 52.4. The summed E-state index contributed by atoms with van der Waals surface area (Å²) in [4.78, 5) is 25.8. The lowest BCUT2D eigenvalue weighted by atomic mass is 9.93. The Kier molecular flexibility index (Phi) is 27.1. The van der Waals surface area contributed by atoms with Crippen LogP contribution in [0.2, 0.25) is 0 Å². The fraction of sp³-hybridized carbons (Fsp3) is 0.875. The summed E-state index contributed by atoms with van der Waals surface area (Å²) in [6, 6.07) is 0. The van der Waals surface area contributed by atoms with Crippen LogP contribution in [0.1, 0.15) is 181 Å². The summed E-state index contributed by atoms with van der Waals surface area (Å²) in [6.07, 6.45) is 31.9. The third kappa shape index (κ3) is 22.5. The second-order valence-electron chi connectivity index (χ2n) is 18.3. The summed E-state index contributed by atoms with van der Waals surface area (Å²) in [6.45, 7) is 5.25. The molecule has 348 valence electrons. The van der Waals surface area contributed by atoms with Gasteiger partial charge in [0.2, 0.25) is 11.8 Å². The van der Waals surface area contributed by atoms with Crippen LogP contribution < -0.4 is 10.6 Å². The van der Waals surface area contributed by atoms with E-state index in [0.717, 1.165) is 89.9 Å². The Hall–Kier alpha value is -1.90. The van der Waals surface area contributed by atoms with Crippen LogP contribution in [0.3, 0.4) is 0 Å². The number of aliphatic hydroxyl groups is 4. The van der Waals surface area contributed by atoms with Crippen molar-refractivity contribution < 1.29 is 48.7 Å². The van der Waals surface area contributed by atoms with Gasteiger partial charge in [-0.15, -0.1) is 0 Å². The zero-order chi connectivity index (χ0) is 43.4. The van der Waals surface area contributed by atoms with Gasteiger partial charge < -0.3 is 45.3 Å². The van der Waals surface area contributed by atoms with Gasteiger partial charge in [-0.3, -0.25) is 14.1 Å². The number of amides is 2. The number of carbonyl (C=O) groups is 2. The maximum atomic E-state index is 12.9. The van der Waals surface area contributed by atoms with Crippen LogP contribution in [0, 0.1) is 0 Å². The molecule has 3 aliphatic heterocycles. The average Bonchev–Trinajstić information content (AvgIpc) is 4.18. The number of hydrogen-bond donors (Lipinski definition) is 6. The van der Waals surface area contributed by atoms with Gasteiger partial charge in [-0.05, 0) is 77.0 Å². The molecule has 0 aromatic heterocycles. The highest BCUT2D eigenvalue weighted by Gasteiger charge is 2.43. The number of rotatable bonds is 37. The molecule has 12 nitrogen and oxygen atoms in total. The molecule has 0 aliphatic carbocycles. The van der Waals surface area contributed by atoms with Crippen molar-refractivity contribution in [3.8, 4) is 0 Å². The molecule has 3 heterocycles. The van der Waals surface area contributed by atoms with Gasteiger partial charge in [0.25, 0.3) is 0 Å². The lowest BCUT2D eigenvalue weighted by Crippen LogP contribution is -2.59. The Morgan fingerprint density at radius 1 is 0.517 bits per heavy atom. The first-order valence-corrected chi connectivity index (χ1v) is 24.4. The van der Waals surface area contributed by atoms with Gasteiger partial charge in [0.05, 0.1) is 50.7 Å². The summed E-state index contributed by atoms with van der Waals surface area (Å²) in [7, 11) is 1.99. The summed E-state index contributed by atoms with van der Waals surface area (Å²) in [5.41, 5.74) is 0. The molecule has 0 saturated carbocycles. The monoisotopic (exact) mass is 851 g/mol. The zero-order valence-corrected chi connectivity index (χ0v) is 38.0. The van der Waals surface area contributed by atoms with Gasteiger partial charge in [-0.1, -0.05) is 115 Å². The van der Waals surface area contributed by atoms with Crippen LogP contribution >= 0.6 is 0 Å². The van der Waals surface area contributed by atoms with Crippen LogP contribution in [0.25, 0.3) is 0 Å². The van der Waals surface area contributed by atoms with Crippen LogP contribution in [0.4, 0.5) is 0 Å². The minimum atomic E-state index is -1.41. The van der Waals surface area contributed by atoms with Crippen molar-refractivity contribution in [2.24, 2.45) is 0 Å². The predicted octanol–water partition coefficient (Wildman–Crippen LogP) is 7.25. The Morgan fingerprint density at radius 2 is 0.950 bits per heavy atom. The first-order valence-electron chi connectivity index (χ1n) is 24.4. The van der Waals surface area contributed by atoms with Crippen molar-refractivity contribution in [1.82, 2.24) is 10.6 Å². The van der Waals surface area contributed by atoms with E-state index in [4.69, 9.17) is 14.2 Å². The highest BCUT2D eigenvalue weighted by Crippen LogP contribution is 2.31. The van der Waals surface area contributed by atoms with Crippen molar-refractivity contribution in [3.63, 3.8) is 0 Å². The summed E-state index contributed by atoms with van der Waals surface area (Å²) in [5, 5.41) is 46.7. The molecular formula is C48H88N3O9+. The third-order valence-corrected chi connectivity index (χ3v) is 12.7. The maximum Gasteiger partial charge on any atom is 0.224 e. The molecule has 0 spiro atoms. The fourth-order valence-corrected chi connectivity index (χ4v) is 8.36. The smallest absolute Gasteiger partial charge is 0.224 e. The van der Waals surface area contributed by atoms with Gasteiger partial charge in [-0.2, -0.15) is 0 Å². The minimum absolute atomic E-state index is 0.00305. The normalized spacial score (nSPS) is 27.4. The number of aliphatic hydroxyl groups excluding tert-OH is 4. The second-order valence-corrected chi connectivity index (χ2v) is 18.3. The van der Waals surface area contributed by atoms with E-state index < -0.39 is 37.1 Å². The number of epoxide rings is 2. The average molecular weight is 851 g/mol. The standard InChI is InChI=1S/C48H87N3O9/c1-4-6-20-27-38-40(58-38)29-22-16-12-8-10-14-18-24-32-44(53)49-36-51(3,34-26-31-42-46(55)48(57)47(56)43(35-52)60-42)37-50-45(54)33-25-19-15-11-9-13-17-23-30-41-39(59-41)28-21-7-5-2/h16-17,22-23,38-43,46-48,52,55-57H,4-15,18-21,24-37H2,1-3H3,(H-,49,50,53,54)/p+1/t38?,39?,40?,41?,42-,43?,46?,47-,48+,51?/m0/s1. The SMILES string of the molecule is CCCCCC1OC1CC=CCCCCCCCC(=O)NC[N+](C)(CCC[C@@H]1OC(CO)[C@H](O)[C@H](O)C1O)CNC(=O)CCCCCCCC=CCC1OC1CCCCC. The molecule has 12 heteroatoms. The molecule has 0 bridgehead atoms. The summed E-state index contributed by atoms with van der Waals surface area (Å²) < 4.78 is 17.6. The molecule has 3 aliphatic rings. The highest BCUT2D eigenvalue weighted by molar-refractivity contribution is 5.76. The molecule has 6 N–H and O–H groups in total. The van der Waals surface area contributed by atoms with Crippen LogP contribution in [-0.2, 0) is 23.8 Å². The Morgan fingerprint density at radius 3 is 1.43 bits per heavy atom. The van der Waals surface area contributed by atoms with Crippen molar-refractivity contribution in [3.05, 3.63) is 24.3 Å². The van der Waals surface area contributed by atoms with Crippen LogP contribution in [-0.4, -0.2) is 125 Å². The number of nitrogens with one attached hydrogen (secondary N) is 2. The molecule has 9 atom stereocenters. The third-order valence-electron chi connectivity index (χ3n) is 12.7. The molecule has 3 rings (SSSR count). The molecule has 0 aromatic carbocycles. The first-order chi connectivity index (χ1) is 29.1. The number of nitrogens with zero attached hydrogens (tertiary/aromatic N) is 1. The van der Waals surface area contributed by atoms with Gasteiger partial charge in [0.1, 0.15) is 24.4 Å². The topological polar surface area (TPSA) is 173 Å². The molecule has 3 saturated heterocycles. The van der Waals surface area contributed by atoms with Crippen molar-refractivity contribution in [2.75, 3.05) is 33.5 Å². The van der Waals surface area contributed by atoms with E-state index in [1.807, 2.05) is 7.05 Å². The molecule has 3 fully saturated rings. The van der Waals surface area contributed by atoms with E-state index in [1.54, 1.807) is 0 Å². The van der Waals surface area contributed by atoms with Gasteiger partial charge in [0, 0.05) is 12.8 Å². The number of unbranched alkanes of at least 4 members (excludes halogenated alkanes) is 14. The number of carbonyl (C=O) groups excluding carboxylic acids is 2. The number of allylic oxidation sites excluding steroid dienone is 2. The molecule has 60 heavy (non-hydrogen) atoms. The minimum Gasteiger partial charge on any atom is -0.394 e. The zero-order valence-electron chi connectivity index (χ0n) is 38.0. The van der Waals surface area contributed by atoms with Crippen molar-refractivity contribution in [2.45, 2.75) is 236 Å². The van der Waals surface area contributed by atoms with E-state index in [-0.39, 0.29) is 11.8 Å². The molecule has 2 amide bonds. The largest absolute Gasteiger partial charge is 0.394 e. The van der Waals surface area contributed by atoms with Crippen LogP contribution in [0.5, 0.6) is 0 Å². The van der Waals surface area contributed by atoms with E-state index >= 15 is 0 Å². The Labute approximate surface area is 363 Å². The van der Waals surface area contributed by atoms with Gasteiger partial charge in [-0.25, -0.2) is 0 Å². The number of ether oxygens (including phenoxy) is 3. The fourth-order valence-electron chi connectivity index (χ4n) is 8.36. The highest BCUT2D eigenvalue weighted by atomic mass is 16.6. The van der Waals surface area contributed by atoms with E-state index in [0.29, 0.717) is 74.5 Å². The summed E-state index contributed by atoms with van der Waals surface area (Å²) >= 11 is 0. The van der Waals surface area contributed by atoms with Gasteiger partial charge in [0.15, 0.2) is 13.3 Å². The maximum absolute atomic E-state index is 12.9. The van der Waals surface area contributed by atoms with Crippen LogP contribution in [0.15, 0.2) is 24.3 Å². The Balaban J connectivity index is 1.29. The molecule has 6 unspecified atom stereocenters. The lowest BCUT2D eigenvalue weighted by molar-refractivity contribution is -0.913. The van der Waals surface area contributed by atoms with E-state index in [9.17, 15) is 30.0 Å². The van der Waals surface area contributed by atoms with Gasteiger partial charge >= 0.3 is 0 Å². The predicted molar refractivity (Wildman–Crippen MR) is 238 cm³/mol. The lowest BCUT2D eigenvalue weighted by Gasteiger charge is -2.40. The molecule has 0 radical (unpaired) electrons. The number of quaternary nitrogens is 1. The van der Waals surface area contributed by atoms with Crippen molar-refractivity contribution >= 4 is 11.8 Å². The van der Waals surface area contributed by atoms with E-state index in [1.165, 1.54) is 51.4 Å². The Bertz CT molecular complexity index is 1140. The van der Waals surface area contributed by atoms with E-state index in [2.05, 4.69) is 48.8 Å². The quantitative estimate of drug-likeness (QED) is 0.0124. The van der Waals surface area contributed by atoms with Crippen molar-refractivity contribution in [1.29, 1.82) is 0 Å². The second kappa shape index (κ2) is 31.0. The molecular weight excluding hydrogens is 763 g/mol. The summed E-state index contributed by atoms with van der Waals surface area (Å²) in [5.74, 6) is -0.00611.